The molecule has 1 aromatic carbocycles. The monoisotopic (exact) mass is 375 g/mol. The molecule has 1 atom stereocenters. The number of hydrogen-bond acceptors (Lipinski definition) is 4. The van der Waals surface area contributed by atoms with E-state index in [0.717, 1.165) is 57.6 Å². The van der Waals surface area contributed by atoms with Gasteiger partial charge in [0.2, 0.25) is 5.91 Å². The summed E-state index contributed by atoms with van der Waals surface area (Å²) in [6.07, 6.45) is 4.41. The Kier molecular flexibility index (Phi) is 7.27. The van der Waals surface area contributed by atoms with E-state index in [4.69, 9.17) is 14.2 Å². The molecule has 1 amide bonds. The Labute approximate surface area is 163 Å². The van der Waals surface area contributed by atoms with Gasteiger partial charge in [-0.05, 0) is 44.2 Å². The van der Waals surface area contributed by atoms with Crippen molar-refractivity contribution in [1.29, 1.82) is 0 Å². The lowest BCUT2D eigenvalue weighted by molar-refractivity contribution is -0.163. The zero-order valence-electron chi connectivity index (χ0n) is 16.7. The molecule has 0 aromatic heterocycles. The number of nitrogens with zero attached hydrogens (tertiary/aromatic N) is 1. The zero-order valence-corrected chi connectivity index (χ0v) is 16.7. The molecule has 0 aliphatic carbocycles. The van der Waals surface area contributed by atoms with Crippen LogP contribution in [0.4, 0.5) is 0 Å². The van der Waals surface area contributed by atoms with Crippen molar-refractivity contribution in [3.63, 3.8) is 0 Å². The van der Waals surface area contributed by atoms with E-state index < -0.39 is 0 Å². The van der Waals surface area contributed by atoms with Crippen LogP contribution in [0.25, 0.3) is 0 Å². The van der Waals surface area contributed by atoms with Crippen LogP contribution in [0.2, 0.25) is 0 Å². The summed E-state index contributed by atoms with van der Waals surface area (Å²) >= 11 is 0. The number of piperidine rings is 1. The Morgan fingerprint density at radius 1 is 1.26 bits per heavy atom. The number of carbonyl (C=O) groups excluding carboxylic acids is 1. The zero-order chi connectivity index (χ0) is 19.1. The summed E-state index contributed by atoms with van der Waals surface area (Å²) in [5.41, 5.74) is 2.19. The molecule has 1 unspecified atom stereocenters. The second-order valence-corrected chi connectivity index (χ2v) is 7.70. The van der Waals surface area contributed by atoms with Crippen molar-refractivity contribution >= 4 is 5.91 Å². The summed E-state index contributed by atoms with van der Waals surface area (Å²) in [5, 5.41) is 0. The van der Waals surface area contributed by atoms with E-state index in [2.05, 4.69) is 13.0 Å². The summed E-state index contributed by atoms with van der Waals surface area (Å²) in [4.78, 5) is 14.7. The average molecular weight is 376 g/mol. The lowest BCUT2D eigenvalue weighted by Crippen LogP contribution is -2.52. The fourth-order valence-corrected chi connectivity index (χ4v) is 4.14. The number of rotatable bonds is 7. The topological polar surface area (TPSA) is 48.0 Å². The van der Waals surface area contributed by atoms with E-state index in [0.29, 0.717) is 19.6 Å². The highest BCUT2D eigenvalue weighted by atomic mass is 16.5. The third kappa shape index (κ3) is 5.53. The minimum absolute atomic E-state index is 0.117. The molecule has 1 aromatic rings. The summed E-state index contributed by atoms with van der Waals surface area (Å²) in [6, 6.07) is 8.13. The molecule has 0 bridgehead atoms. The van der Waals surface area contributed by atoms with Gasteiger partial charge < -0.3 is 19.1 Å². The van der Waals surface area contributed by atoms with E-state index in [1.165, 1.54) is 5.56 Å². The SMILES string of the molecule is CCOCCOC1CCOC2(CCN(C(=O)Cc3ccccc3C)CC2)C1. The van der Waals surface area contributed by atoms with Crippen molar-refractivity contribution in [2.75, 3.05) is 39.5 Å². The second kappa shape index (κ2) is 9.67. The highest BCUT2D eigenvalue weighted by Crippen LogP contribution is 2.36. The van der Waals surface area contributed by atoms with Crippen molar-refractivity contribution in [3.05, 3.63) is 35.4 Å². The van der Waals surface area contributed by atoms with Crippen LogP contribution in [0, 0.1) is 6.92 Å². The Hall–Kier alpha value is -1.43. The molecule has 27 heavy (non-hydrogen) atoms. The van der Waals surface area contributed by atoms with Gasteiger partial charge >= 0.3 is 0 Å². The highest BCUT2D eigenvalue weighted by molar-refractivity contribution is 5.79. The van der Waals surface area contributed by atoms with Crippen molar-refractivity contribution < 1.29 is 19.0 Å². The van der Waals surface area contributed by atoms with Crippen LogP contribution in [0.3, 0.4) is 0 Å². The van der Waals surface area contributed by atoms with Gasteiger partial charge in [-0.3, -0.25) is 4.79 Å². The fraction of sp³-hybridized carbons (Fsp3) is 0.682. The normalized spacial score (nSPS) is 22.1. The van der Waals surface area contributed by atoms with Crippen molar-refractivity contribution in [3.8, 4) is 0 Å². The molecule has 2 aliphatic heterocycles. The van der Waals surface area contributed by atoms with Crippen LogP contribution in [-0.4, -0.2) is 62.0 Å². The van der Waals surface area contributed by atoms with Crippen LogP contribution in [0.1, 0.15) is 43.7 Å². The Balaban J connectivity index is 1.47. The molecule has 0 radical (unpaired) electrons. The van der Waals surface area contributed by atoms with Gasteiger partial charge in [-0.25, -0.2) is 0 Å². The molecule has 150 valence electrons. The lowest BCUT2D eigenvalue weighted by Gasteiger charge is -2.46. The lowest BCUT2D eigenvalue weighted by atomic mass is 9.83. The summed E-state index contributed by atoms with van der Waals surface area (Å²) in [6.45, 7) is 8.39. The Bertz CT molecular complexity index is 610. The molecular weight excluding hydrogens is 342 g/mol. The number of carbonyl (C=O) groups is 1. The number of benzene rings is 1. The van der Waals surface area contributed by atoms with Crippen LogP contribution in [-0.2, 0) is 25.4 Å². The second-order valence-electron chi connectivity index (χ2n) is 7.70. The number of ether oxygens (including phenoxy) is 3. The third-order valence-electron chi connectivity index (χ3n) is 5.86. The summed E-state index contributed by atoms with van der Waals surface area (Å²) in [7, 11) is 0. The molecule has 0 N–H and O–H groups in total. The van der Waals surface area contributed by atoms with Crippen LogP contribution >= 0.6 is 0 Å². The van der Waals surface area contributed by atoms with Crippen LogP contribution < -0.4 is 0 Å². The van der Waals surface area contributed by atoms with E-state index in [1.54, 1.807) is 0 Å². The first-order valence-corrected chi connectivity index (χ1v) is 10.3. The van der Waals surface area contributed by atoms with Gasteiger partial charge in [0.1, 0.15) is 0 Å². The molecule has 5 nitrogen and oxygen atoms in total. The molecule has 2 saturated heterocycles. The summed E-state index contributed by atoms with van der Waals surface area (Å²) in [5.74, 6) is 0.222. The Morgan fingerprint density at radius 2 is 2.04 bits per heavy atom. The summed E-state index contributed by atoms with van der Waals surface area (Å²) < 4.78 is 17.5. The first-order chi connectivity index (χ1) is 13.1. The molecule has 2 fully saturated rings. The van der Waals surface area contributed by atoms with Crippen molar-refractivity contribution in [2.45, 2.75) is 57.7 Å². The molecule has 1 spiro atoms. The van der Waals surface area contributed by atoms with Gasteiger partial charge in [0.25, 0.3) is 0 Å². The van der Waals surface area contributed by atoms with Gasteiger partial charge in [0.15, 0.2) is 0 Å². The quantitative estimate of drug-likeness (QED) is 0.687. The van der Waals surface area contributed by atoms with Crippen LogP contribution in [0.5, 0.6) is 0 Å². The molecule has 0 saturated carbocycles. The van der Waals surface area contributed by atoms with Crippen molar-refractivity contribution in [1.82, 2.24) is 4.90 Å². The number of aryl methyl sites for hydroxylation is 1. The van der Waals surface area contributed by atoms with Gasteiger partial charge in [0.05, 0.1) is 31.3 Å². The molecule has 3 rings (SSSR count). The van der Waals surface area contributed by atoms with Gasteiger partial charge in [-0.1, -0.05) is 24.3 Å². The first-order valence-electron chi connectivity index (χ1n) is 10.3. The maximum absolute atomic E-state index is 12.7. The molecular formula is C22H33NO4. The predicted octanol–water partition coefficient (Wildman–Crippen LogP) is 3.13. The number of likely N-dealkylation sites (tertiary alicyclic amines) is 1. The first kappa shape index (κ1) is 20.3. The van der Waals surface area contributed by atoms with E-state index in [1.807, 2.05) is 30.0 Å². The number of hydrogen-bond donors (Lipinski definition) is 0. The predicted molar refractivity (Wildman–Crippen MR) is 105 cm³/mol. The smallest absolute Gasteiger partial charge is 0.227 e. The maximum Gasteiger partial charge on any atom is 0.227 e. The third-order valence-corrected chi connectivity index (χ3v) is 5.86. The van der Waals surface area contributed by atoms with Crippen molar-refractivity contribution in [2.24, 2.45) is 0 Å². The number of amides is 1. The Morgan fingerprint density at radius 3 is 2.78 bits per heavy atom. The average Bonchev–Trinajstić information content (AvgIpc) is 2.68. The maximum atomic E-state index is 12.7. The minimum atomic E-state index is -0.117. The molecule has 5 heteroatoms. The standard InChI is InChI=1S/C22H33NO4/c1-3-25-14-15-26-20-8-13-27-22(17-20)9-11-23(12-10-22)21(24)16-19-7-5-4-6-18(19)2/h4-7,20H,3,8-17H2,1-2H3. The van der Waals surface area contributed by atoms with E-state index >= 15 is 0 Å². The van der Waals surface area contributed by atoms with Gasteiger partial charge in [-0.2, -0.15) is 0 Å². The highest BCUT2D eigenvalue weighted by Gasteiger charge is 2.41. The fourth-order valence-electron chi connectivity index (χ4n) is 4.14. The van der Waals surface area contributed by atoms with E-state index in [9.17, 15) is 4.79 Å². The van der Waals surface area contributed by atoms with Crippen LogP contribution in [0.15, 0.2) is 24.3 Å². The van der Waals surface area contributed by atoms with E-state index in [-0.39, 0.29) is 17.6 Å². The van der Waals surface area contributed by atoms with Gasteiger partial charge in [-0.15, -0.1) is 0 Å². The molecule has 2 heterocycles. The largest absolute Gasteiger partial charge is 0.379 e. The minimum Gasteiger partial charge on any atom is -0.379 e. The molecule has 2 aliphatic rings. The van der Waals surface area contributed by atoms with Gasteiger partial charge in [0, 0.05) is 32.7 Å².